The van der Waals surface area contributed by atoms with Crippen molar-refractivity contribution >= 4 is 16.7 Å². The van der Waals surface area contributed by atoms with E-state index in [2.05, 4.69) is 31.2 Å². The molecule has 0 unspecified atom stereocenters. The van der Waals surface area contributed by atoms with Crippen LogP contribution in [0.3, 0.4) is 0 Å². The average Bonchev–Trinajstić information content (AvgIpc) is 2.55. The Kier molecular flexibility index (Phi) is 4.20. The fourth-order valence-electron chi connectivity index (χ4n) is 3.15. The van der Waals surface area contributed by atoms with Crippen LogP contribution in [0.2, 0.25) is 0 Å². The minimum Gasteiger partial charge on any atom is -0.332 e. The molecule has 0 aliphatic carbocycles. The molecule has 21 heavy (non-hydrogen) atoms. The van der Waals surface area contributed by atoms with Crippen molar-refractivity contribution in [1.29, 1.82) is 0 Å². The number of fused-ring (bicyclic) bond motifs is 1. The second-order valence-corrected chi connectivity index (χ2v) is 5.80. The largest absolute Gasteiger partial charge is 0.332 e. The molecule has 1 N–H and O–H groups in total. The number of benzene rings is 2. The van der Waals surface area contributed by atoms with E-state index in [4.69, 9.17) is 0 Å². The van der Waals surface area contributed by atoms with Crippen LogP contribution in [0.1, 0.15) is 12.5 Å². The second-order valence-electron chi connectivity index (χ2n) is 5.80. The normalized spacial score (nSPS) is 16.3. The number of hydrogen-bond acceptors (Lipinski definition) is 1. The summed E-state index contributed by atoms with van der Waals surface area (Å²) in [4.78, 5) is 16.2. The molecule has 3 rings (SSSR count). The van der Waals surface area contributed by atoms with Crippen LogP contribution in [-0.2, 0) is 11.2 Å². The van der Waals surface area contributed by atoms with Gasteiger partial charge in [0.15, 0.2) is 0 Å². The van der Waals surface area contributed by atoms with E-state index in [0.717, 1.165) is 38.3 Å². The van der Waals surface area contributed by atoms with Crippen molar-refractivity contribution in [2.45, 2.75) is 13.3 Å². The molecule has 1 aliphatic rings. The molecule has 0 aromatic heterocycles. The maximum absolute atomic E-state index is 12.5. The Bertz CT molecular complexity index is 625. The second kappa shape index (κ2) is 6.27. The quantitative estimate of drug-likeness (QED) is 0.897. The zero-order valence-electron chi connectivity index (χ0n) is 12.6. The van der Waals surface area contributed by atoms with Crippen molar-refractivity contribution in [2.24, 2.45) is 0 Å². The van der Waals surface area contributed by atoms with Crippen LogP contribution in [0.15, 0.2) is 42.5 Å². The van der Waals surface area contributed by atoms with Gasteiger partial charge in [0.1, 0.15) is 0 Å². The minimum absolute atomic E-state index is 0.265. The topological polar surface area (TPSA) is 24.8 Å². The van der Waals surface area contributed by atoms with E-state index in [9.17, 15) is 4.79 Å². The first kappa shape index (κ1) is 14.1. The molecule has 2 aromatic carbocycles. The van der Waals surface area contributed by atoms with Gasteiger partial charge in [0.25, 0.3) is 0 Å². The first-order valence-corrected chi connectivity index (χ1v) is 7.86. The molecule has 110 valence electrons. The van der Waals surface area contributed by atoms with Crippen LogP contribution in [0.4, 0.5) is 0 Å². The summed E-state index contributed by atoms with van der Waals surface area (Å²) in [5.41, 5.74) is 1.14. The van der Waals surface area contributed by atoms with Crippen LogP contribution >= 0.6 is 0 Å². The fraction of sp³-hybridized carbons (Fsp3) is 0.389. The van der Waals surface area contributed by atoms with Gasteiger partial charge >= 0.3 is 0 Å². The first-order chi connectivity index (χ1) is 10.3. The third-order valence-corrected chi connectivity index (χ3v) is 4.54. The fourth-order valence-corrected chi connectivity index (χ4v) is 3.15. The number of hydrogen-bond donors (Lipinski definition) is 1. The standard InChI is InChI=1S/C18H22N2O/c1-2-19-10-12-20(13-11-19)18(21)14-16-8-5-7-15-6-3-4-9-17(15)16/h3-9H,2,10-14H2,1H3/p+1. The Balaban J connectivity index is 1.72. The summed E-state index contributed by atoms with van der Waals surface area (Å²) in [6, 6.07) is 14.5. The molecule has 0 spiro atoms. The third-order valence-electron chi connectivity index (χ3n) is 4.54. The molecule has 1 aliphatic heterocycles. The number of likely N-dealkylation sites (N-methyl/N-ethyl adjacent to an activating group) is 1. The van der Waals surface area contributed by atoms with Gasteiger partial charge in [-0.1, -0.05) is 42.5 Å². The van der Waals surface area contributed by atoms with Gasteiger partial charge in [-0.25, -0.2) is 0 Å². The lowest BCUT2D eigenvalue weighted by molar-refractivity contribution is -0.902. The molecule has 0 saturated carbocycles. The zero-order valence-corrected chi connectivity index (χ0v) is 12.6. The lowest BCUT2D eigenvalue weighted by atomic mass is 10.0. The Labute approximate surface area is 126 Å². The number of amides is 1. The highest BCUT2D eigenvalue weighted by molar-refractivity contribution is 5.90. The van der Waals surface area contributed by atoms with Gasteiger partial charge in [0.2, 0.25) is 5.91 Å². The van der Waals surface area contributed by atoms with Crippen LogP contribution in [0, 0.1) is 0 Å². The maximum Gasteiger partial charge on any atom is 0.227 e. The number of rotatable bonds is 3. The van der Waals surface area contributed by atoms with Gasteiger partial charge < -0.3 is 9.80 Å². The zero-order chi connectivity index (χ0) is 14.7. The van der Waals surface area contributed by atoms with E-state index in [0.29, 0.717) is 6.42 Å². The van der Waals surface area contributed by atoms with Crippen molar-refractivity contribution in [3.8, 4) is 0 Å². The summed E-state index contributed by atoms with van der Waals surface area (Å²) < 4.78 is 0. The molecule has 0 bridgehead atoms. The Morgan fingerprint density at radius 2 is 1.81 bits per heavy atom. The van der Waals surface area contributed by atoms with E-state index in [1.54, 1.807) is 4.90 Å². The van der Waals surface area contributed by atoms with Crippen molar-refractivity contribution in [2.75, 3.05) is 32.7 Å². The number of carbonyl (C=O) groups is 1. The summed E-state index contributed by atoms with van der Waals surface area (Å²) in [5, 5.41) is 2.41. The highest BCUT2D eigenvalue weighted by atomic mass is 16.2. The lowest BCUT2D eigenvalue weighted by Gasteiger charge is -2.31. The van der Waals surface area contributed by atoms with Crippen molar-refractivity contribution in [1.82, 2.24) is 4.90 Å². The molecule has 1 saturated heterocycles. The van der Waals surface area contributed by atoms with Gasteiger partial charge in [0, 0.05) is 0 Å². The van der Waals surface area contributed by atoms with Crippen LogP contribution in [-0.4, -0.2) is 43.5 Å². The predicted molar refractivity (Wildman–Crippen MR) is 85.5 cm³/mol. The van der Waals surface area contributed by atoms with Gasteiger partial charge in [-0.05, 0) is 23.3 Å². The molecule has 1 fully saturated rings. The van der Waals surface area contributed by atoms with Crippen LogP contribution < -0.4 is 4.90 Å². The summed E-state index contributed by atoms with van der Waals surface area (Å²) >= 11 is 0. The number of nitrogens with zero attached hydrogens (tertiary/aromatic N) is 1. The number of carbonyl (C=O) groups excluding carboxylic acids is 1. The summed E-state index contributed by atoms with van der Waals surface area (Å²) in [7, 11) is 0. The molecule has 3 nitrogen and oxygen atoms in total. The number of piperazine rings is 1. The highest BCUT2D eigenvalue weighted by Gasteiger charge is 2.22. The van der Waals surface area contributed by atoms with Gasteiger partial charge in [-0.15, -0.1) is 0 Å². The molecular weight excluding hydrogens is 260 g/mol. The first-order valence-electron chi connectivity index (χ1n) is 7.86. The highest BCUT2D eigenvalue weighted by Crippen LogP contribution is 2.19. The molecule has 0 radical (unpaired) electrons. The van der Waals surface area contributed by atoms with Crippen LogP contribution in [0.25, 0.3) is 10.8 Å². The Morgan fingerprint density at radius 3 is 2.57 bits per heavy atom. The van der Waals surface area contributed by atoms with Crippen molar-refractivity contribution < 1.29 is 9.69 Å². The Hall–Kier alpha value is -1.87. The molecule has 2 aromatic rings. The SMILES string of the molecule is CC[NH+]1CCN(C(=O)Cc2cccc3ccccc23)CC1. The maximum atomic E-state index is 12.5. The Morgan fingerprint density at radius 1 is 1.10 bits per heavy atom. The molecule has 1 heterocycles. The third kappa shape index (κ3) is 3.08. The van der Waals surface area contributed by atoms with E-state index >= 15 is 0 Å². The van der Waals surface area contributed by atoms with Gasteiger partial charge in [-0.2, -0.15) is 0 Å². The van der Waals surface area contributed by atoms with Gasteiger partial charge in [-0.3, -0.25) is 4.79 Å². The van der Waals surface area contributed by atoms with E-state index in [-0.39, 0.29) is 5.91 Å². The summed E-state index contributed by atoms with van der Waals surface area (Å²) in [6.45, 7) is 7.32. The van der Waals surface area contributed by atoms with Gasteiger partial charge in [0.05, 0.1) is 39.1 Å². The summed E-state index contributed by atoms with van der Waals surface area (Å²) in [6.07, 6.45) is 0.517. The smallest absolute Gasteiger partial charge is 0.227 e. The molecular formula is C18H23N2O+. The molecule has 0 atom stereocenters. The van der Waals surface area contributed by atoms with E-state index in [1.165, 1.54) is 10.8 Å². The average molecular weight is 283 g/mol. The minimum atomic E-state index is 0.265. The van der Waals surface area contributed by atoms with Crippen molar-refractivity contribution in [3.63, 3.8) is 0 Å². The molecule has 1 amide bonds. The van der Waals surface area contributed by atoms with Crippen LogP contribution in [0.5, 0.6) is 0 Å². The molecule has 3 heteroatoms. The van der Waals surface area contributed by atoms with E-state index < -0.39 is 0 Å². The summed E-state index contributed by atoms with van der Waals surface area (Å²) in [5.74, 6) is 0.265. The monoisotopic (exact) mass is 283 g/mol. The predicted octanol–water partition coefficient (Wildman–Crippen LogP) is 1.13. The lowest BCUT2D eigenvalue weighted by Crippen LogP contribution is -3.14. The number of quaternary nitrogens is 1. The number of nitrogens with one attached hydrogen (secondary N) is 1. The van der Waals surface area contributed by atoms with Crippen molar-refractivity contribution in [3.05, 3.63) is 48.0 Å². The van der Waals surface area contributed by atoms with E-state index in [1.807, 2.05) is 23.1 Å².